The SMILES string of the molecule is Cn1c(CCl)c(Br)c(=O)c2cc(F)ccc21. The molecule has 0 bridgehead atoms. The molecule has 1 aromatic carbocycles. The molecule has 0 aliphatic rings. The number of aromatic nitrogens is 1. The molecule has 0 saturated heterocycles. The number of aryl methyl sites for hydroxylation is 1. The Morgan fingerprint density at radius 1 is 1.50 bits per heavy atom. The molecule has 16 heavy (non-hydrogen) atoms. The van der Waals surface area contributed by atoms with Gasteiger partial charge in [0.1, 0.15) is 5.82 Å². The molecule has 0 spiro atoms. The van der Waals surface area contributed by atoms with Gasteiger partial charge in [-0.05, 0) is 34.1 Å². The zero-order valence-corrected chi connectivity index (χ0v) is 10.8. The van der Waals surface area contributed by atoms with Gasteiger partial charge in [-0.3, -0.25) is 4.79 Å². The molecule has 1 aromatic heterocycles. The van der Waals surface area contributed by atoms with Gasteiger partial charge in [-0.2, -0.15) is 0 Å². The summed E-state index contributed by atoms with van der Waals surface area (Å²) in [5.41, 5.74) is 1.12. The predicted molar refractivity (Wildman–Crippen MR) is 66.4 cm³/mol. The lowest BCUT2D eigenvalue weighted by Gasteiger charge is -2.12. The number of nitrogens with zero attached hydrogens (tertiary/aromatic N) is 1. The van der Waals surface area contributed by atoms with Crippen LogP contribution in [0.5, 0.6) is 0 Å². The van der Waals surface area contributed by atoms with Crippen molar-refractivity contribution in [3.63, 3.8) is 0 Å². The molecule has 2 nitrogen and oxygen atoms in total. The molecule has 0 radical (unpaired) electrons. The minimum Gasteiger partial charge on any atom is -0.345 e. The normalized spacial score (nSPS) is 11.0. The zero-order valence-electron chi connectivity index (χ0n) is 8.43. The summed E-state index contributed by atoms with van der Waals surface area (Å²) < 4.78 is 15.2. The summed E-state index contributed by atoms with van der Waals surface area (Å²) in [6.07, 6.45) is 0. The van der Waals surface area contributed by atoms with E-state index < -0.39 is 5.82 Å². The Morgan fingerprint density at radius 2 is 2.19 bits per heavy atom. The van der Waals surface area contributed by atoms with Crippen molar-refractivity contribution < 1.29 is 4.39 Å². The summed E-state index contributed by atoms with van der Waals surface area (Å²) in [5, 5.41) is 0.350. The van der Waals surface area contributed by atoms with Crippen LogP contribution in [0, 0.1) is 5.82 Å². The third-order valence-corrected chi connectivity index (χ3v) is 3.62. The molecule has 0 atom stereocenters. The van der Waals surface area contributed by atoms with Gasteiger partial charge in [-0.1, -0.05) is 0 Å². The van der Waals surface area contributed by atoms with Crippen LogP contribution in [0.3, 0.4) is 0 Å². The molecule has 0 aliphatic carbocycles. The van der Waals surface area contributed by atoms with Crippen molar-refractivity contribution in [2.75, 3.05) is 0 Å². The predicted octanol–water partition coefficient (Wildman–Crippen LogP) is 3.18. The molecule has 0 fully saturated rings. The quantitative estimate of drug-likeness (QED) is 0.742. The van der Waals surface area contributed by atoms with Crippen LogP contribution >= 0.6 is 27.5 Å². The summed E-state index contributed by atoms with van der Waals surface area (Å²) in [6, 6.07) is 4.14. The van der Waals surface area contributed by atoms with Crippen LogP contribution in [-0.4, -0.2) is 4.57 Å². The maximum atomic E-state index is 13.1. The average Bonchev–Trinajstić information content (AvgIpc) is 2.27. The van der Waals surface area contributed by atoms with Crippen LogP contribution in [0.4, 0.5) is 4.39 Å². The van der Waals surface area contributed by atoms with Crippen molar-refractivity contribution in [1.82, 2.24) is 4.57 Å². The number of rotatable bonds is 1. The Balaban J connectivity index is 3.02. The van der Waals surface area contributed by atoms with Crippen molar-refractivity contribution in [3.05, 3.63) is 44.4 Å². The number of benzene rings is 1. The molecule has 0 N–H and O–H groups in total. The van der Waals surface area contributed by atoms with Gasteiger partial charge in [0.2, 0.25) is 5.43 Å². The molecule has 2 rings (SSSR count). The van der Waals surface area contributed by atoms with Crippen LogP contribution in [0.1, 0.15) is 5.69 Å². The number of fused-ring (bicyclic) bond motifs is 1. The van der Waals surface area contributed by atoms with Crippen LogP contribution in [0.25, 0.3) is 10.9 Å². The fourth-order valence-electron chi connectivity index (χ4n) is 1.67. The maximum absolute atomic E-state index is 13.1. The minimum atomic E-state index is -0.421. The van der Waals surface area contributed by atoms with Crippen molar-refractivity contribution >= 4 is 38.4 Å². The van der Waals surface area contributed by atoms with E-state index in [-0.39, 0.29) is 11.3 Å². The second-order valence-electron chi connectivity index (χ2n) is 3.44. The monoisotopic (exact) mass is 303 g/mol. The van der Waals surface area contributed by atoms with Gasteiger partial charge in [0.15, 0.2) is 0 Å². The highest BCUT2D eigenvalue weighted by molar-refractivity contribution is 9.10. The number of hydrogen-bond donors (Lipinski definition) is 0. The molecule has 0 aliphatic heterocycles. The van der Waals surface area contributed by atoms with Crippen molar-refractivity contribution in [2.45, 2.75) is 5.88 Å². The van der Waals surface area contributed by atoms with E-state index >= 15 is 0 Å². The Morgan fingerprint density at radius 3 is 2.81 bits per heavy atom. The zero-order chi connectivity index (χ0) is 11.9. The molecule has 0 amide bonds. The lowest BCUT2D eigenvalue weighted by atomic mass is 10.2. The Kier molecular flexibility index (Phi) is 3.04. The second kappa shape index (κ2) is 4.18. The molecule has 0 unspecified atom stereocenters. The van der Waals surface area contributed by atoms with Gasteiger partial charge < -0.3 is 4.57 Å². The fraction of sp³-hybridized carbons (Fsp3) is 0.182. The highest BCUT2D eigenvalue weighted by Gasteiger charge is 2.12. The highest BCUT2D eigenvalue weighted by atomic mass is 79.9. The summed E-state index contributed by atoms with van der Waals surface area (Å²) in [4.78, 5) is 11.9. The number of pyridine rings is 1. The lowest BCUT2D eigenvalue weighted by molar-refractivity contribution is 0.629. The first-order chi connectivity index (χ1) is 7.56. The van der Waals surface area contributed by atoms with E-state index in [0.717, 1.165) is 0 Å². The largest absolute Gasteiger partial charge is 0.345 e. The van der Waals surface area contributed by atoms with Crippen LogP contribution < -0.4 is 5.43 Å². The van der Waals surface area contributed by atoms with E-state index in [1.807, 2.05) is 0 Å². The Hall–Kier alpha value is -0.870. The summed E-state index contributed by atoms with van der Waals surface area (Å²) in [7, 11) is 1.79. The van der Waals surface area contributed by atoms with Crippen molar-refractivity contribution in [2.24, 2.45) is 7.05 Å². The molecule has 5 heteroatoms. The fourth-order valence-corrected chi connectivity index (χ4v) is 2.77. The lowest BCUT2D eigenvalue weighted by Crippen LogP contribution is -2.13. The standard InChI is InChI=1S/C11H8BrClFNO/c1-15-8-3-2-6(14)4-7(8)11(16)10(12)9(15)5-13/h2-4H,5H2,1H3. The first kappa shape index (κ1) is 11.6. The molecule has 1 heterocycles. The topological polar surface area (TPSA) is 22.0 Å². The van der Waals surface area contributed by atoms with Gasteiger partial charge >= 0.3 is 0 Å². The molecule has 2 aromatic rings. The van der Waals surface area contributed by atoms with E-state index in [1.54, 1.807) is 17.7 Å². The second-order valence-corrected chi connectivity index (χ2v) is 4.50. The van der Waals surface area contributed by atoms with Gasteiger partial charge in [-0.15, -0.1) is 11.6 Å². The van der Waals surface area contributed by atoms with Crippen molar-refractivity contribution in [1.29, 1.82) is 0 Å². The van der Waals surface area contributed by atoms with Gasteiger partial charge in [0, 0.05) is 12.4 Å². The number of halogens is 3. The highest BCUT2D eigenvalue weighted by Crippen LogP contribution is 2.21. The summed E-state index contributed by atoms with van der Waals surface area (Å²) in [5.74, 6) is -0.199. The van der Waals surface area contributed by atoms with Crippen LogP contribution in [-0.2, 0) is 12.9 Å². The number of alkyl halides is 1. The average molecular weight is 305 g/mol. The third-order valence-electron chi connectivity index (χ3n) is 2.55. The molecular formula is C11H8BrClFNO. The Labute approximate surface area is 105 Å². The Bertz CT molecular complexity index is 623. The smallest absolute Gasteiger partial charge is 0.203 e. The van der Waals surface area contributed by atoms with E-state index in [2.05, 4.69) is 15.9 Å². The molecule has 84 valence electrons. The maximum Gasteiger partial charge on any atom is 0.203 e. The summed E-state index contributed by atoms with van der Waals surface area (Å²) in [6.45, 7) is 0. The van der Waals surface area contributed by atoms with Gasteiger partial charge in [0.05, 0.1) is 21.6 Å². The van der Waals surface area contributed by atoms with Gasteiger partial charge in [-0.25, -0.2) is 4.39 Å². The van der Waals surface area contributed by atoms with Crippen LogP contribution in [0.15, 0.2) is 27.5 Å². The first-order valence-corrected chi connectivity index (χ1v) is 5.91. The first-order valence-electron chi connectivity index (χ1n) is 4.59. The van der Waals surface area contributed by atoms with Gasteiger partial charge in [0.25, 0.3) is 0 Å². The summed E-state index contributed by atoms with van der Waals surface area (Å²) >= 11 is 8.97. The van der Waals surface area contributed by atoms with E-state index in [9.17, 15) is 9.18 Å². The molecule has 0 saturated carbocycles. The van der Waals surface area contributed by atoms with Crippen molar-refractivity contribution in [3.8, 4) is 0 Å². The number of hydrogen-bond acceptors (Lipinski definition) is 1. The van der Waals surface area contributed by atoms with Crippen LogP contribution in [0.2, 0.25) is 0 Å². The van der Waals surface area contributed by atoms with E-state index in [0.29, 0.717) is 21.1 Å². The minimum absolute atomic E-state index is 0.222. The molecular weight excluding hydrogens is 296 g/mol. The van der Waals surface area contributed by atoms with E-state index in [4.69, 9.17) is 11.6 Å². The third kappa shape index (κ3) is 1.66. The van der Waals surface area contributed by atoms with E-state index in [1.165, 1.54) is 12.1 Å².